The van der Waals surface area contributed by atoms with Crippen molar-refractivity contribution in [2.45, 2.75) is 25.3 Å². The molecule has 1 N–H and O–H groups in total. The van der Waals surface area contributed by atoms with Crippen LogP contribution in [0.15, 0.2) is 68.6 Å². The first-order valence-corrected chi connectivity index (χ1v) is 10.7. The van der Waals surface area contributed by atoms with Crippen molar-refractivity contribution in [1.29, 1.82) is 0 Å². The van der Waals surface area contributed by atoms with Crippen molar-refractivity contribution >= 4 is 28.0 Å². The third-order valence-corrected chi connectivity index (χ3v) is 6.09. The Kier molecular flexibility index (Phi) is 6.23. The number of nitrogens with one attached hydrogen (secondary N) is 1. The van der Waals surface area contributed by atoms with Gasteiger partial charge in [-0.2, -0.15) is 0 Å². The third-order valence-electron chi connectivity index (χ3n) is 4.68. The standard InChI is InChI=1S/C21H22N2O6S/c1-4-23-14(2)19(21(25)28-3)18(20(23)24)12-15-10-11-16(29-15)13-22-30(26,27)17-8-6-5-7-9-17/h5-12,22H,4,13H2,1-3H3/b18-12+. The highest BCUT2D eigenvalue weighted by Crippen LogP contribution is 2.31. The molecule has 1 aliphatic heterocycles. The molecule has 0 saturated carbocycles. The van der Waals surface area contributed by atoms with Crippen LogP contribution in [0.3, 0.4) is 0 Å². The zero-order valence-electron chi connectivity index (χ0n) is 16.8. The summed E-state index contributed by atoms with van der Waals surface area (Å²) < 4.78 is 37.6. The van der Waals surface area contributed by atoms with Crippen LogP contribution in [0.2, 0.25) is 0 Å². The Hall–Kier alpha value is -3.17. The van der Waals surface area contributed by atoms with E-state index in [9.17, 15) is 18.0 Å². The molecule has 1 aromatic carbocycles. The van der Waals surface area contributed by atoms with Crippen LogP contribution >= 0.6 is 0 Å². The quantitative estimate of drug-likeness (QED) is 0.534. The van der Waals surface area contributed by atoms with E-state index in [4.69, 9.17) is 9.15 Å². The van der Waals surface area contributed by atoms with E-state index in [1.54, 1.807) is 37.3 Å². The lowest BCUT2D eigenvalue weighted by molar-refractivity contribution is -0.136. The summed E-state index contributed by atoms with van der Waals surface area (Å²) in [6.07, 6.45) is 1.46. The number of carbonyl (C=O) groups is 2. The second kappa shape index (κ2) is 8.68. The van der Waals surface area contributed by atoms with Crippen LogP contribution in [-0.2, 0) is 30.9 Å². The Balaban J connectivity index is 1.81. The number of allylic oxidation sites excluding steroid dienone is 1. The maximum Gasteiger partial charge on any atom is 0.340 e. The van der Waals surface area contributed by atoms with Gasteiger partial charge in [0.05, 0.1) is 29.7 Å². The Morgan fingerprint density at radius 3 is 2.53 bits per heavy atom. The van der Waals surface area contributed by atoms with Crippen molar-refractivity contribution in [2.75, 3.05) is 13.7 Å². The number of hydrogen-bond donors (Lipinski definition) is 1. The summed E-state index contributed by atoms with van der Waals surface area (Å²) >= 11 is 0. The molecule has 30 heavy (non-hydrogen) atoms. The normalized spacial score (nSPS) is 15.9. The van der Waals surface area contributed by atoms with Crippen LogP contribution in [0, 0.1) is 0 Å². The van der Waals surface area contributed by atoms with E-state index in [1.165, 1.54) is 30.2 Å². The van der Waals surface area contributed by atoms with Crippen LogP contribution < -0.4 is 4.72 Å². The van der Waals surface area contributed by atoms with Crippen molar-refractivity contribution in [2.24, 2.45) is 0 Å². The van der Waals surface area contributed by atoms with Gasteiger partial charge in [-0.05, 0) is 44.2 Å². The van der Waals surface area contributed by atoms with Gasteiger partial charge < -0.3 is 14.1 Å². The molecule has 1 aliphatic rings. The maximum absolute atomic E-state index is 12.7. The molecule has 3 rings (SSSR count). The summed E-state index contributed by atoms with van der Waals surface area (Å²) in [5.41, 5.74) is 0.877. The average molecular weight is 430 g/mol. The first-order chi connectivity index (χ1) is 14.3. The van der Waals surface area contributed by atoms with Gasteiger partial charge in [-0.15, -0.1) is 0 Å². The number of likely N-dealkylation sites (N-methyl/N-ethyl adjacent to an activating group) is 1. The molecule has 1 aromatic heterocycles. The molecule has 0 saturated heterocycles. The van der Waals surface area contributed by atoms with Crippen LogP contribution in [-0.4, -0.2) is 38.8 Å². The number of methoxy groups -OCH3 is 1. The lowest BCUT2D eigenvalue weighted by Crippen LogP contribution is -2.24. The summed E-state index contributed by atoms with van der Waals surface area (Å²) in [6, 6.07) is 11.2. The predicted molar refractivity (Wildman–Crippen MR) is 109 cm³/mol. The van der Waals surface area contributed by atoms with Gasteiger partial charge in [-0.3, -0.25) is 4.79 Å². The molecule has 0 unspecified atom stereocenters. The van der Waals surface area contributed by atoms with E-state index in [0.29, 0.717) is 23.8 Å². The molecule has 9 heteroatoms. The number of benzene rings is 1. The third kappa shape index (κ3) is 4.22. The highest BCUT2D eigenvalue weighted by atomic mass is 32.2. The zero-order chi connectivity index (χ0) is 21.9. The van der Waals surface area contributed by atoms with Gasteiger partial charge >= 0.3 is 5.97 Å². The molecule has 0 bridgehead atoms. The summed E-state index contributed by atoms with van der Waals surface area (Å²) in [5, 5.41) is 0. The van der Waals surface area contributed by atoms with Crippen molar-refractivity contribution in [3.8, 4) is 0 Å². The van der Waals surface area contributed by atoms with Crippen LogP contribution in [0.4, 0.5) is 0 Å². The molecule has 1 amide bonds. The number of amides is 1. The Morgan fingerprint density at radius 1 is 1.20 bits per heavy atom. The number of nitrogens with zero attached hydrogens (tertiary/aromatic N) is 1. The molecule has 0 atom stereocenters. The number of furan rings is 1. The first kappa shape index (κ1) is 21.5. The molecule has 0 fully saturated rings. The minimum Gasteiger partial charge on any atom is -0.465 e. The van der Waals surface area contributed by atoms with E-state index in [-0.39, 0.29) is 28.5 Å². The highest BCUT2D eigenvalue weighted by molar-refractivity contribution is 7.89. The molecule has 0 spiro atoms. The fourth-order valence-electron chi connectivity index (χ4n) is 3.17. The maximum atomic E-state index is 12.7. The number of hydrogen-bond acceptors (Lipinski definition) is 6. The van der Waals surface area contributed by atoms with Crippen molar-refractivity contribution in [3.63, 3.8) is 0 Å². The van der Waals surface area contributed by atoms with Gasteiger partial charge in [0.1, 0.15) is 11.5 Å². The van der Waals surface area contributed by atoms with Gasteiger partial charge in [0.15, 0.2) is 0 Å². The number of esters is 1. The van der Waals surface area contributed by atoms with Gasteiger partial charge in [-0.1, -0.05) is 18.2 Å². The number of carbonyl (C=O) groups excluding carboxylic acids is 2. The van der Waals surface area contributed by atoms with Gasteiger partial charge in [0.25, 0.3) is 5.91 Å². The summed E-state index contributed by atoms with van der Waals surface area (Å²) in [5.74, 6) is -0.248. The molecule has 0 radical (unpaired) electrons. The fraction of sp³-hybridized carbons (Fsp3) is 0.238. The topological polar surface area (TPSA) is 106 Å². The van der Waals surface area contributed by atoms with Crippen LogP contribution in [0.25, 0.3) is 6.08 Å². The number of sulfonamides is 1. The monoisotopic (exact) mass is 430 g/mol. The Morgan fingerprint density at radius 2 is 1.90 bits per heavy atom. The van der Waals surface area contributed by atoms with Crippen LogP contribution in [0.5, 0.6) is 0 Å². The molecular formula is C21H22N2O6S. The molecule has 158 valence electrons. The second-order valence-electron chi connectivity index (χ2n) is 6.50. The van der Waals surface area contributed by atoms with Gasteiger partial charge in [0, 0.05) is 12.2 Å². The smallest absolute Gasteiger partial charge is 0.340 e. The van der Waals surface area contributed by atoms with E-state index >= 15 is 0 Å². The van der Waals surface area contributed by atoms with E-state index in [1.807, 2.05) is 6.92 Å². The second-order valence-corrected chi connectivity index (χ2v) is 8.27. The van der Waals surface area contributed by atoms with Crippen LogP contribution in [0.1, 0.15) is 25.4 Å². The van der Waals surface area contributed by atoms with Gasteiger partial charge in [-0.25, -0.2) is 17.9 Å². The number of rotatable bonds is 7. The van der Waals surface area contributed by atoms with Gasteiger partial charge in [0.2, 0.25) is 10.0 Å². The van der Waals surface area contributed by atoms with E-state index in [0.717, 1.165) is 0 Å². The zero-order valence-corrected chi connectivity index (χ0v) is 17.7. The molecule has 2 aromatic rings. The summed E-state index contributed by atoms with van der Waals surface area (Å²) in [7, 11) is -2.42. The van der Waals surface area contributed by atoms with Crippen molar-refractivity contribution in [3.05, 3.63) is 70.8 Å². The lowest BCUT2D eigenvalue weighted by atomic mass is 10.1. The molecule has 0 aliphatic carbocycles. The number of ether oxygens (including phenoxy) is 1. The minimum atomic E-state index is -3.68. The van der Waals surface area contributed by atoms with Crippen molar-refractivity contribution in [1.82, 2.24) is 9.62 Å². The fourth-order valence-corrected chi connectivity index (χ4v) is 4.18. The minimum absolute atomic E-state index is 0.0614. The SMILES string of the molecule is CCN1C(=O)/C(=C/c2ccc(CNS(=O)(=O)c3ccccc3)o2)C(C(=O)OC)=C1C. The summed E-state index contributed by atoms with van der Waals surface area (Å²) in [6.45, 7) is 3.84. The average Bonchev–Trinajstić information content (AvgIpc) is 3.29. The van der Waals surface area contributed by atoms with E-state index in [2.05, 4.69) is 4.72 Å². The van der Waals surface area contributed by atoms with E-state index < -0.39 is 16.0 Å². The Bertz CT molecular complexity index is 1130. The molecule has 2 heterocycles. The highest BCUT2D eigenvalue weighted by Gasteiger charge is 2.36. The predicted octanol–water partition coefficient (Wildman–Crippen LogP) is 2.45. The van der Waals surface area contributed by atoms with Crippen molar-refractivity contribution < 1.29 is 27.2 Å². The largest absolute Gasteiger partial charge is 0.465 e. The lowest BCUT2D eigenvalue weighted by Gasteiger charge is -2.14. The first-order valence-electron chi connectivity index (χ1n) is 9.25. The molecular weight excluding hydrogens is 408 g/mol. The Labute approximate surface area is 174 Å². The summed E-state index contributed by atoms with van der Waals surface area (Å²) in [4.78, 5) is 26.5. The molecule has 8 nitrogen and oxygen atoms in total.